The van der Waals surface area contributed by atoms with Gasteiger partial charge in [-0.2, -0.15) is 0 Å². The Morgan fingerprint density at radius 2 is 1.83 bits per heavy atom. The zero-order valence-electron chi connectivity index (χ0n) is 11.0. The number of ether oxygens (including phenoxy) is 2. The molecule has 102 valence electrons. The van der Waals surface area contributed by atoms with Crippen LogP contribution in [0, 0.1) is 0 Å². The summed E-state index contributed by atoms with van der Waals surface area (Å²) >= 11 is 0. The van der Waals surface area contributed by atoms with E-state index in [-0.39, 0.29) is 25.3 Å². The van der Waals surface area contributed by atoms with Crippen LogP contribution in [0.1, 0.15) is 18.5 Å². The Morgan fingerprint density at radius 1 is 1.17 bits per heavy atom. The van der Waals surface area contributed by atoms with Crippen molar-refractivity contribution in [2.45, 2.75) is 19.0 Å². The lowest BCUT2D eigenvalue weighted by Gasteiger charge is -2.22. The molecule has 0 saturated carbocycles. The van der Waals surface area contributed by atoms with Gasteiger partial charge in [-0.3, -0.25) is 0 Å². The fourth-order valence-electron chi connectivity index (χ4n) is 1.78. The number of benzene rings is 1. The van der Waals surface area contributed by atoms with E-state index in [0.717, 1.165) is 17.1 Å². The minimum absolute atomic E-state index is 0.0700. The number of rotatable bonds is 7. The molecule has 1 rings (SSSR count). The largest absolute Gasteiger partial charge is 0.497 e. The molecule has 1 aromatic carbocycles. The van der Waals surface area contributed by atoms with E-state index >= 15 is 0 Å². The molecule has 0 spiro atoms. The lowest BCUT2D eigenvalue weighted by molar-refractivity contribution is 0.163. The number of methoxy groups -OCH3 is 2. The van der Waals surface area contributed by atoms with Gasteiger partial charge >= 0.3 is 0 Å². The highest BCUT2D eigenvalue weighted by molar-refractivity contribution is 5.42. The van der Waals surface area contributed by atoms with E-state index in [1.165, 1.54) is 0 Å². The predicted octanol–water partition coefficient (Wildman–Crippen LogP) is 0.708. The first-order valence-electron chi connectivity index (χ1n) is 5.86. The minimum Gasteiger partial charge on any atom is -0.497 e. The van der Waals surface area contributed by atoms with Crippen LogP contribution in [0.4, 0.5) is 0 Å². The maximum Gasteiger partial charge on any atom is 0.123 e. The van der Waals surface area contributed by atoms with Gasteiger partial charge in [-0.15, -0.1) is 0 Å². The molecule has 5 heteroatoms. The molecule has 0 heterocycles. The summed E-state index contributed by atoms with van der Waals surface area (Å²) in [6.45, 7) is 1.70. The second-order valence-electron chi connectivity index (χ2n) is 4.06. The van der Waals surface area contributed by atoms with Gasteiger partial charge in [0.1, 0.15) is 11.5 Å². The number of hydrogen-bond acceptors (Lipinski definition) is 5. The first kappa shape index (κ1) is 14.8. The second-order valence-corrected chi connectivity index (χ2v) is 4.06. The molecule has 18 heavy (non-hydrogen) atoms. The van der Waals surface area contributed by atoms with Crippen LogP contribution in [0.25, 0.3) is 0 Å². The van der Waals surface area contributed by atoms with E-state index in [0.29, 0.717) is 0 Å². The molecule has 0 aliphatic heterocycles. The second kappa shape index (κ2) is 7.20. The Labute approximate surface area is 107 Å². The quantitative estimate of drug-likeness (QED) is 0.669. The van der Waals surface area contributed by atoms with Gasteiger partial charge < -0.3 is 25.0 Å². The first-order chi connectivity index (χ1) is 8.65. The van der Waals surface area contributed by atoms with Crippen molar-refractivity contribution >= 4 is 0 Å². The molecule has 0 bridgehead atoms. The Morgan fingerprint density at radius 3 is 2.33 bits per heavy atom. The fraction of sp³-hybridized carbons (Fsp3) is 0.538. The zero-order valence-corrected chi connectivity index (χ0v) is 11.0. The van der Waals surface area contributed by atoms with Crippen LogP contribution in [-0.2, 0) is 0 Å². The summed E-state index contributed by atoms with van der Waals surface area (Å²) < 4.78 is 10.5. The van der Waals surface area contributed by atoms with E-state index < -0.39 is 0 Å². The van der Waals surface area contributed by atoms with Crippen molar-refractivity contribution in [2.24, 2.45) is 0 Å². The highest BCUT2D eigenvalue weighted by Gasteiger charge is 2.16. The van der Waals surface area contributed by atoms with Crippen molar-refractivity contribution in [3.8, 4) is 11.5 Å². The zero-order chi connectivity index (χ0) is 13.5. The Hall–Kier alpha value is -1.30. The van der Waals surface area contributed by atoms with Crippen LogP contribution in [0.15, 0.2) is 18.2 Å². The molecule has 0 radical (unpaired) electrons. The van der Waals surface area contributed by atoms with Crippen molar-refractivity contribution in [3.05, 3.63) is 23.8 Å². The van der Waals surface area contributed by atoms with Crippen LogP contribution < -0.4 is 14.8 Å². The molecule has 1 atom stereocenters. The summed E-state index contributed by atoms with van der Waals surface area (Å²) in [4.78, 5) is 0. The van der Waals surface area contributed by atoms with Gasteiger partial charge in [0.05, 0.1) is 33.5 Å². The molecule has 0 aliphatic carbocycles. The molecule has 0 aromatic heterocycles. The Bertz CT molecular complexity index is 366. The third kappa shape index (κ3) is 3.60. The molecular weight excluding hydrogens is 234 g/mol. The SMILES string of the molecule is COc1ccc(OC)c(C(C)NC(CO)CO)c1. The highest BCUT2D eigenvalue weighted by atomic mass is 16.5. The summed E-state index contributed by atoms with van der Waals surface area (Å²) in [5.41, 5.74) is 0.920. The van der Waals surface area contributed by atoms with Crippen molar-refractivity contribution < 1.29 is 19.7 Å². The van der Waals surface area contributed by atoms with E-state index in [4.69, 9.17) is 19.7 Å². The van der Waals surface area contributed by atoms with Gasteiger partial charge in [0.25, 0.3) is 0 Å². The summed E-state index contributed by atoms with van der Waals surface area (Å²) in [6.07, 6.45) is 0. The van der Waals surface area contributed by atoms with Crippen molar-refractivity contribution in [3.63, 3.8) is 0 Å². The van der Waals surface area contributed by atoms with Crippen LogP contribution in [0.5, 0.6) is 11.5 Å². The fourth-order valence-corrected chi connectivity index (χ4v) is 1.78. The van der Waals surface area contributed by atoms with Gasteiger partial charge in [-0.05, 0) is 25.1 Å². The molecule has 0 amide bonds. The minimum atomic E-state index is -0.351. The predicted molar refractivity (Wildman–Crippen MR) is 69.1 cm³/mol. The van der Waals surface area contributed by atoms with Crippen LogP contribution in [0.2, 0.25) is 0 Å². The molecule has 1 unspecified atom stereocenters. The molecule has 0 fully saturated rings. The highest BCUT2D eigenvalue weighted by Crippen LogP contribution is 2.29. The van der Waals surface area contributed by atoms with Gasteiger partial charge in [-0.1, -0.05) is 0 Å². The van der Waals surface area contributed by atoms with Crippen LogP contribution in [0.3, 0.4) is 0 Å². The van der Waals surface area contributed by atoms with Crippen LogP contribution in [-0.4, -0.2) is 43.7 Å². The first-order valence-corrected chi connectivity index (χ1v) is 5.86. The summed E-state index contributed by atoms with van der Waals surface area (Å²) in [7, 11) is 3.21. The molecule has 3 N–H and O–H groups in total. The smallest absolute Gasteiger partial charge is 0.123 e. The third-order valence-corrected chi connectivity index (χ3v) is 2.83. The molecule has 5 nitrogen and oxygen atoms in total. The maximum atomic E-state index is 9.07. The number of hydrogen-bond donors (Lipinski definition) is 3. The average molecular weight is 255 g/mol. The normalized spacial score (nSPS) is 12.6. The van der Waals surface area contributed by atoms with Gasteiger partial charge in [0.2, 0.25) is 0 Å². The molecule has 0 saturated heterocycles. The maximum absolute atomic E-state index is 9.07. The number of nitrogens with one attached hydrogen (secondary N) is 1. The molecule has 0 aliphatic rings. The Kier molecular flexibility index (Phi) is 5.91. The van der Waals surface area contributed by atoms with Crippen molar-refractivity contribution in [2.75, 3.05) is 27.4 Å². The van der Waals surface area contributed by atoms with Gasteiger partial charge in [0, 0.05) is 11.6 Å². The summed E-state index contributed by atoms with van der Waals surface area (Å²) in [6, 6.07) is 5.11. The standard InChI is InChI=1S/C13H21NO4/c1-9(14-10(7-15)8-16)12-6-11(17-2)4-5-13(12)18-3/h4-6,9-10,14-16H,7-8H2,1-3H3. The van der Waals surface area contributed by atoms with E-state index in [9.17, 15) is 0 Å². The Balaban J connectivity index is 2.91. The number of aliphatic hydroxyl groups is 2. The summed E-state index contributed by atoms with van der Waals surface area (Å²) in [5.74, 6) is 1.48. The van der Waals surface area contributed by atoms with Crippen LogP contribution >= 0.6 is 0 Å². The third-order valence-electron chi connectivity index (χ3n) is 2.83. The van der Waals surface area contributed by atoms with E-state index in [1.54, 1.807) is 14.2 Å². The monoisotopic (exact) mass is 255 g/mol. The van der Waals surface area contributed by atoms with E-state index in [1.807, 2.05) is 25.1 Å². The lowest BCUT2D eigenvalue weighted by Crippen LogP contribution is -2.37. The van der Waals surface area contributed by atoms with Gasteiger partial charge in [-0.25, -0.2) is 0 Å². The van der Waals surface area contributed by atoms with Gasteiger partial charge in [0.15, 0.2) is 0 Å². The van der Waals surface area contributed by atoms with Crippen molar-refractivity contribution in [1.82, 2.24) is 5.32 Å². The lowest BCUT2D eigenvalue weighted by atomic mass is 10.1. The van der Waals surface area contributed by atoms with Crippen molar-refractivity contribution in [1.29, 1.82) is 0 Å². The molecular formula is C13H21NO4. The molecule has 1 aromatic rings. The van der Waals surface area contributed by atoms with E-state index in [2.05, 4.69) is 5.32 Å². The topological polar surface area (TPSA) is 71.0 Å². The average Bonchev–Trinajstić information content (AvgIpc) is 2.43. The summed E-state index contributed by atoms with van der Waals surface area (Å²) in [5, 5.41) is 21.3. The number of aliphatic hydroxyl groups excluding tert-OH is 2.